The Morgan fingerprint density at radius 1 is 1.23 bits per heavy atom. The van der Waals surface area contributed by atoms with Crippen LogP contribution < -0.4 is 0 Å². The summed E-state index contributed by atoms with van der Waals surface area (Å²) in [7, 11) is -3.78. The number of nitrogens with zero attached hydrogens (tertiary/aromatic N) is 2. The van der Waals surface area contributed by atoms with E-state index in [1.807, 2.05) is 0 Å². The number of rotatable bonds is 5. The molecule has 10 heteroatoms. The molecule has 22 heavy (non-hydrogen) atoms. The Hall–Kier alpha value is -1.52. The summed E-state index contributed by atoms with van der Waals surface area (Å²) in [5.41, 5.74) is 0. The summed E-state index contributed by atoms with van der Waals surface area (Å²) >= 11 is 0. The average molecular weight is 348 g/mol. The lowest BCUT2D eigenvalue weighted by Crippen LogP contribution is -2.50. The third kappa shape index (κ3) is 4.75. The van der Waals surface area contributed by atoms with Crippen LogP contribution in [0.1, 0.15) is 17.0 Å². The van der Waals surface area contributed by atoms with Crippen molar-refractivity contribution in [1.29, 1.82) is 0 Å². The molecule has 1 aliphatic heterocycles. The number of hydrogen-bond acceptors (Lipinski definition) is 6. The van der Waals surface area contributed by atoms with Gasteiger partial charge in [0.2, 0.25) is 5.91 Å². The van der Waals surface area contributed by atoms with Crippen LogP contribution in [0.25, 0.3) is 0 Å². The molecule has 2 heterocycles. The highest BCUT2D eigenvalue weighted by molar-refractivity contribution is 8.69. The van der Waals surface area contributed by atoms with Crippen LogP contribution in [0.2, 0.25) is 0 Å². The van der Waals surface area contributed by atoms with Crippen molar-refractivity contribution in [2.75, 3.05) is 31.9 Å². The SMILES string of the molecule is O=C(CCSS(=O)(=O)O)N1CCN(C(=O)c2ccco2)CC1. The predicted octanol–water partition coefficient (Wildman–Crippen LogP) is 0.490. The molecule has 0 atom stereocenters. The van der Waals surface area contributed by atoms with Crippen LogP contribution in [0, 0.1) is 0 Å². The predicted molar refractivity (Wildman–Crippen MR) is 79.8 cm³/mol. The van der Waals surface area contributed by atoms with Gasteiger partial charge in [0.05, 0.1) is 6.26 Å². The Morgan fingerprint density at radius 3 is 2.41 bits per heavy atom. The fourth-order valence-corrected chi connectivity index (χ4v) is 3.46. The smallest absolute Gasteiger partial charge is 0.319 e. The van der Waals surface area contributed by atoms with Gasteiger partial charge in [-0.1, -0.05) is 0 Å². The number of amides is 2. The largest absolute Gasteiger partial charge is 0.459 e. The molecule has 1 saturated heterocycles. The third-order valence-electron chi connectivity index (χ3n) is 3.20. The molecule has 1 N–H and O–H groups in total. The molecular weight excluding hydrogens is 332 g/mol. The molecule has 0 radical (unpaired) electrons. The maximum Gasteiger partial charge on any atom is 0.319 e. The lowest BCUT2D eigenvalue weighted by molar-refractivity contribution is -0.132. The van der Waals surface area contributed by atoms with E-state index in [2.05, 4.69) is 0 Å². The van der Waals surface area contributed by atoms with Crippen molar-refractivity contribution in [3.8, 4) is 0 Å². The van der Waals surface area contributed by atoms with E-state index in [-0.39, 0.29) is 29.7 Å². The Balaban J connectivity index is 1.77. The average Bonchev–Trinajstić information content (AvgIpc) is 2.99. The summed E-state index contributed by atoms with van der Waals surface area (Å²) in [5.74, 6) is -0.131. The molecule has 0 aromatic carbocycles. The highest BCUT2D eigenvalue weighted by Crippen LogP contribution is 2.13. The first-order valence-corrected chi connectivity index (χ1v) is 9.53. The molecule has 0 bridgehead atoms. The monoisotopic (exact) mass is 348 g/mol. The van der Waals surface area contributed by atoms with Gasteiger partial charge in [0.15, 0.2) is 5.76 Å². The van der Waals surface area contributed by atoms with Gasteiger partial charge in [0, 0.05) is 38.4 Å². The van der Waals surface area contributed by atoms with E-state index < -0.39 is 9.15 Å². The molecule has 0 aliphatic carbocycles. The molecule has 0 spiro atoms. The quantitative estimate of drug-likeness (QED) is 0.609. The standard InChI is InChI=1S/C12H16N2O6S2/c15-11(3-9-21-22(17,18)19)13-4-6-14(7-5-13)12(16)10-2-1-8-20-10/h1-2,8H,3-7,9H2,(H,17,18,19). The van der Waals surface area contributed by atoms with Crippen molar-refractivity contribution in [3.63, 3.8) is 0 Å². The second-order valence-corrected chi connectivity index (χ2v) is 8.12. The Morgan fingerprint density at radius 2 is 1.86 bits per heavy atom. The molecular formula is C12H16N2O6S2. The summed E-state index contributed by atoms with van der Waals surface area (Å²) in [5, 5.41) is 0. The van der Waals surface area contributed by atoms with Gasteiger partial charge < -0.3 is 14.2 Å². The summed E-state index contributed by atoms with van der Waals surface area (Å²) in [6.07, 6.45) is 1.45. The zero-order chi connectivity index (χ0) is 16.2. The van der Waals surface area contributed by atoms with E-state index in [0.717, 1.165) is 0 Å². The number of carbonyl (C=O) groups is 2. The molecule has 122 valence electrons. The lowest BCUT2D eigenvalue weighted by atomic mass is 10.2. The number of furan rings is 1. The molecule has 2 rings (SSSR count). The molecule has 0 saturated carbocycles. The van der Waals surface area contributed by atoms with E-state index in [4.69, 9.17) is 8.97 Å². The topological polar surface area (TPSA) is 108 Å². The van der Waals surface area contributed by atoms with Gasteiger partial charge in [0.25, 0.3) is 5.91 Å². The fraction of sp³-hybridized carbons (Fsp3) is 0.500. The maximum absolute atomic E-state index is 12.1. The number of carbonyl (C=O) groups excluding carboxylic acids is 2. The first kappa shape index (κ1) is 16.8. The molecule has 8 nitrogen and oxygen atoms in total. The van der Waals surface area contributed by atoms with Gasteiger partial charge in [-0.15, -0.1) is 0 Å². The van der Waals surface area contributed by atoms with E-state index in [1.165, 1.54) is 6.26 Å². The molecule has 1 aromatic heterocycles. The van der Waals surface area contributed by atoms with Gasteiger partial charge in [-0.2, -0.15) is 8.42 Å². The molecule has 0 unspecified atom stereocenters. The van der Waals surface area contributed by atoms with Gasteiger partial charge in [0.1, 0.15) is 0 Å². The van der Waals surface area contributed by atoms with E-state index in [0.29, 0.717) is 37.0 Å². The second-order valence-electron chi connectivity index (χ2n) is 4.65. The van der Waals surface area contributed by atoms with Crippen LogP contribution in [0.3, 0.4) is 0 Å². The number of piperazine rings is 1. The minimum atomic E-state index is -4.11. The zero-order valence-electron chi connectivity index (χ0n) is 11.7. The molecule has 1 aromatic rings. The van der Waals surface area contributed by atoms with Crippen LogP contribution in [0.4, 0.5) is 0 Å². The normalized spacial score (nSPS) is 15.9. The van der Waals surface area contributed by atoms with Crippen LogP contribution in [0.15, 0.2) is 22.8 Å². The zero-order valence-corrected chi connectivity index (χ0v) is 13.3. The highest BCUT2D eigenvalue weighted by Gasteiger charge is 2.25. The Labute approximate surface area is 131 Å². The van der Waals surface area contributed by atoms with Gasteiger partial charge >= 0.3 is 9.15 Å². The summed E-state index contributed by atoms with van der Waals surface area (Å²) in [4.78, 5) is 27.1. The summed E-state index contributed by atoms with van der Waals surface area (Å²) in [6.45, 7) is 1.58. The molecule has 1 fully saturated rings. The summed E-state index contributed by atoms with van der Waals surface area (Å²) < 4.78 is 34.8. The van der Waals surface area contributed by atoms with Crippen LogP contribution >= 0.6 is 10.8 Å². The lowest BCUT2D eigenvalue weighted by Gasteiger charge is -2.34. The van der Waals surface area contributed by atoms with Gasteiger partial charge in [-0.3, -0.25) is 14.1 Å². The maximum atomic E-state index is 12.1. The minimum absolute atomic E-state index is 0.00318. The van der Waals surface area contributed by atoms with Crippen molar-refractivity contribution in [1.82, 2.24) is 9.80 Å². The molecule has 1 aliphatic rings. The van der Waals surface area contributed by atoms with E-state index >= 15 is 0 Å². The highest BCUT2D eigenvalue weighted by atomic mass is 33.1. The fourth-order valence-electron chi connectivity index (χ4n) is 2.11. The second kappa shape index (κ2) is 7.16. The van der Waals surface area contributed by atoms with Crippen molar-refractivity contribution in [2.45, 2.75) is 6.42 Å². The van der Waals surface area contributed by atoms with E-state index in [9.17, 15) is 18.0 Å². The van der Waals surface area contributed by atoms with Crippen molar-refractivity contribution in [2.24, 2.45) is 0 Å². The van der Waals surface area contributed by atoms with Crippen molar-refractivity contribution < 1.29 is 27.0 Å². The van der Waals surface area contributed by atoms with Crippen molar-refractivity contribution in [3.05, 3.63) is 24.2 Å². The third-order valence-corrected chi connectivity index (χ3v) is 5.26. The van der Waals surface area contributed by atoms with Gasteiger partial charge in [-0.25, -0.2) is 0 Å². The van der Waals surface area contributed by atoms with E-state index in [1.54, 1.807) is 21.9 Å². The van der Waals surface area contributed by atoms with Crippen LogP contribution in [-0.2, 0) is 13.9 Å². The first-order chi connectivity index (χ1) is 10.4. The Kier molecular flexibility index (Phi) is 5.48. The van der Waals surface area contributed by atoms with Gasteiger partial charge in [-0.05, 0) is 22.9 Å². The van der Waals surface area contributed by atoms with Crippen molar-refractivity contribution >= 4 is 31.8 Å². The molecule has 2 amide bonds. The summed E-state index contributed by atoms with van der Waals surface area (Å²) in [6, 6.07) is 3.23. The first-order valence-electron chi connectivity index (χ1n) is 6.59. The number of hydrogen-bond donors (Lipinski definition) is 1. The minimum Gasteiger partial charge on any atom is -0.459 e. The van der Waals surface area contributed by atoms with Crippen LogP contribution in [0.5, 0.6) is 0 Å². The Bertz CT molecular complexity index is 620. The van der Waals surface area contributed by atoms with Crippen LogP contribution in [-0.4, -0.2) is 66.5 Å².